The summed E-state index contributed by atoms with van der Waals surface area (Å²) in [6, 6.07) is 11.9. The molecule has 3 aromatic rings. The van der Waals surface area contributed by atoms with E-state index in [0.717, 1.165) is 0 Å². The summed E-state index contributed by atoms with van der Waals surface area (Å²) in [7, 11) is 0. The second kappa shape index (κ2) is 5.28. The fraction of sp³-hybridized carbons (Fsp3) is 0. The molecule has 0 spiro atoms. The molecule has 0 atom stereocenters. The number of halogens is 1. The maximum Gasteiger partial charge on any atom is 0.335 e. The highest BCUT2D eigenvalue weighted by Gasteiger charge is 2.14. The Kier molecular flexibility index (Phi) is 3.30. The van der Waals surface area contributed by atoms with Crippen LogP contribution >= 0.6 is 0 Å². The molecule has 0 aliphatic rings. The minimum atomic E-state index is -1.04. The molecule has 3 N–H and O–H groups in total. The number of carboxylic acid groups (broad SMARTS) is 1. The van der Waals surface area contributed by atoms with Crippen LogP contribution in [0.3, 0.4) is 0 Å². The van der Waals surface area contributed by atoms with Gasteiger partial charge in [-0.2, -0.15) is 4.68 Å². The quantitative estimate of drug-likeness (QED) is 0.774. The average Bonchev–Trinajstić information content (AvgIpc) is 2.90. The molecule has 3 rings (SSSR count). The number of carbonyl (C=O) groups is 1. The Morgan fingerprint density at radius 2 is 1.91 bits per heavy atom. The van der Waals surface area contributed by atoms with Gasteiger partial charge in [0, 0.05) is 5.56 Å². The van der Waals surface area contributed by atoms with Crippen molar-refractivity contribution in [1.82, 2.24) is 15.0 Å². The first-order valence-electron chi connectivity index (χ1n) is 6.37. The number of nitrogens with zero attached hydrogens (tertiary/aromatic N) is 3. The van der Waals surface area contributed by atoms with Gasteiger partial charge in [0.1, 0.15) is 11.5 Å². The van der Waals surface area contributed by atoms with Gasteiger partial charge in [0.05, 0.1) is 11.3 Å². The number of benzene rings is 2. The fourth-order valence-electron chi connectivity index (χ4n) is 2.06. The Bertz CT molecular complexity index is 843. The van der Waals surface area contributed by atoms with Gasteiger partial charge in [0.25, 0.3) is 0 Å². The lowest BCUT2D eigenvalue weighted by Crippen LogP contribution is -2.04. The van der Waals surface area contributed by atoms with Gasteiger partial charge in [-0.3, -0.25) is 0 Å². The van der Waals surface area contributed by atoms with Gasteiger partial charge in [-0.25, -0.2) is 9.18 Å². The minimum Gasteiger partial charge on any atom is -0.478 e. The first-order valence-corrected chi connectivity index (χ1v) is 6.37. The molecule has 110 valence electrons. The minimum absolute atomic E-state index is 0.121. The van der Waals surface area contributed by atoms with Gasteiger partial charge < -0.3 is 10.8 Å². The maximum atomic E-state index is 13.0. The molecule has 0 radical (unpaired) electrons. The number of hydrogen-bond donors (Lipinski definition) is 2. The van der Waals surface area contributed by atoms with Crippen molar-refractivity contribution in [3.63, 3.8) is 0 Å². The number of anilines is 1. The number of carboxylic acids is 1. The fourth-order valence-corrected chi connectivity index (χ4v) is 2.06. The van der Waals surface area contributed by atoms with Crippen molar-refractivity contribution in [2.24, 2.45) is 0 Å². The van der Waals surface area contributed by atoms with E-state index in [4.69, 9.17) is 10.8 Å². The van der Waals surface area contributed by atoms with Gasteiger partial charge >= 0.3 is 5.97 Å². The van der Waals surface area contributed by atoms with Gasteiger partial charge in [0.2, 0.25) is 0 Å². The average molecular weight is 298 g/mol. The van der Waals surface area contributed by atoms with Crippen LogP contribution in [0.5, 0.6) is 0 Å². The summed E-state index contributed by atoms with van der Waals surface area (Å²) in [5.41, 5.74) is 7.66. The van der Waals surface area contributed by atoms with Crippen LogP contribution in [0.15, 0.2) is 48.5 Å². The van der Waals surface area contributed by atoms with Gasteiger partial charge in [-0.05, 0) is 42.5 Å². The zero-order valence-electron chi connectivity index (χ0n) is 11.3. The first-order chi connectivity index (χ1) is 10.6. The van der Waals surface area contributed by atoms with Crippen molar-refractivity contribution in [3.8, 4) is 16.9 Å². The smallest absolute Gasteiger partial charge is 0.335 e. The molecule has 0 amide bonds. The molecule has 1 aromatic heterocycles. The van der Waals surface area contributed by atoms with Crippen molar-refractivity contribution in [2.45, 2.75) is 0 Å². The molecular formula is C15H11FN4O2. The van der Waals surface area contributed by atoms with Crippen LogP contribution < -0.4 is 5.73 Å². The Hall–Kier alpha value is -3.22. The monoisotopic (exact) mass is 298 g/mol. The molecule has 0 aliphatic heterocycles. The predicted molar refractivity (Wildman–Crippen MR) is 78.1 cm³/mol. The van der Waals surface area contributed by atoms with Crippen molar-refractivity contribution in [2.75, 3.05) is 5.73 Å². The highest BCUT2D eigenvalue weighted by molar-refractivity contribution is 5.88. The van der Waals surface area contributed by atoms with Crippen molar-refractivity contribution in [1.29, 1.82) is 0 Å². The third-order valence-corrected chi connectivity index (χ3v) is 3.16. The second-order valence-corrected chi connectivity index (χ2v) is 4.60. The highest BCUT2D eigenvalue weighted by Crippen LogP contribution is 2.25. The SMILES string of the molecule is Nc1c(-c2ccc(F)cc2)nnn1-c1cccc(C(=O)O)c1. The lowest BCUT2D eigenvalue weighted by molar-refractivity contribution is 0.0697. The number of rotatable bonds is 3. The highest BCUT2D eigenvalue weighted by atomic mass is 19.1. The topological polar surface area (TPSA) is 94.0 Å². The molecule has 22 heavy (non-hydrogen) atoms. The van der Waals surface area contributed by atoms with E-state index in [0.29, 0.717) is 16.9 Å². The molecule has 0 saturated heterocycles. The van der Waals surface area contributed by atoms with Crippen molar-refractivity contribution in [3.05, 3.63) is 59.9 Å². The van der Waals surface area contributed by atoms with Crippen LogP contribution in [0.25, 0.3) is 16.9 Å². The summed E-state index contributed by atoms with van der Waals surface area (Å²) >= 11 is 0. The number of hydrogen-bond acceptors (Lipinski definition) is 4. The van der Waals surface area contributed by atoms with Crippen LogP contribution in [0, 0.1) is 5.82 Å². The maximum absolute atomic E-state index is 13.0. The summed E-state index contributed by atoms with van der Waals surface area (Å²) in [5, 5.41) is 16.9. The van der Waals surface area contributed by atoms with E-state index in [1.54, 1.807) is 24.3 Å². The van der Waals surface area contributed by atoms with E-state index in [1.165, 1.54) is 28.9 Å². The third-order valence-electron chi connectivity index (χ3n) is 3.16. The molecule has 6 nitrogen and oxygen atoms in total. The zero-order valence-corrected chi connectivity index (χ0v) is 11.3. The summed E-state index contributed by atoms with van der Waals surface area (Å²) < 4.78 is 14.3. The molecule has 0 saturated carbocycles. The molecule has 0 fully saturated rings. The molecule has 1 heterocycles. The van der Waals surface area contributed by atoms with Gasteiger partial charge in [-0.15, -0.1) is 5.10 Å². The number of nitrogens with two attached hydrogens (primary N) is 1. The van der Waals surface area contributed by atoms with Crippen molar-refractivity contribution >= 4 is 11.8 Å². The Morgan fingerprint density at radius 3 is 2.59 bits per heavy atom. The summed E-state index contributed by atoms with van der Waals surface area (Å²) in [4.78, 5) is 11.0. The van der Waals surface area contributed by atoms with Crippen LogP contribution in [0.4, 0.5) is 10.2 Å². The molecular weight excluding hydrogens is 287 g/mol. The van der Waals surface area contributed by atoms with Crippen LogP contribution in [0.2, 0.25) is 0 Å². The van der Waals surface area contributed by atoms with E-state index in [2.05, 4.69) is 10.3 Å². The van der Waals surface area contributed by atoms with E-state index in [1.807, 2.05) is 0 Å². The van der Waals surface area contributed by atoms with Gasteiger partial charge in [0.15, 0.2) is 5.82 Å². The Morgan fingerprint density at radius 1 is 1.18 bits per heavy atom. The summed E-state index contributed by atoms with van der Waals surface area (Å²) in [6.07, 6.45) is 0. The van der Waals surface area contributed by atoms with E-state index in [-0.39, 0.29) is 17.2 Å². The second-order valence-electron chi connectivity index (χ2n) is 4.60. The lowest BCUT2D eigenvalue weighted by atomic mass is 10.1. The first kappa shape index (κ1) is 13.7. The molecule has 0 bridgehead atoms. The van der Waals surface area contributed by atoms with E-state index < -0.39 is 5.97 Å². The molecule has 0 unspecified atom stereocenters. The zero-order chi connectivity index (χ0) is 15.7. The number of aromatic carboxylic acids is 1. The van der Waals surface area contributed by atoms with Crippen LogP contribution in [-0.4, -0.2) is 26.1 Å². The third kappa shape index (κ3) is 2.39. The molecule has 2 aromatic carbocycles. The largest absolute Gasteiger partial charge is 0.478 e. The summed E-state index contributed by atoms with van der Waals surface area (Å²) in [6.45, 7) is 0. The normalized spacial score (nSPS) is 10.6. The Balaban J connectivity index is 2.05. The Labute approximate surface area is 124 Å². The predicted octanol–water partition coefficient (Wildman–Crippen LogP) is 2.35. The number of nitrogen functional groups attached to an aromatic ring is 1. The van der Waals surface area contributed by atoms with Crippen LogP contribution in [-0.2, 0) is 0 Å². The summed E-state index contributed by atoms with van der Waals surface area (Å²) in [5.74, 6) is -1.16. The van der Waals surface area contributed by atoms with Crippen LogP contribution in [0.1, 0.15) is 10.4 Å². The van der Waals surface area contributed by atoms with E-state index in [9.17, 15) is 9.18 Å². The van der Waals surface area contributed by atoms with Gasteiger partial charge in [-0.1, -0.05) is 11.3 Å². The lowest BCUT2D eigenvalue weighted by Gasteiger charge is -2.04. The standard InChI is InChI=1S/C15H11FN4O2/c16-11-6-4-9(5-7-11)13-14(17)20(19-18-13)12-3-1-2-10(8-12)15(21)22/h1-8H,17H2,(H,21,22). The van der Waals surface area contributed by atoms with E-state index >= 15 is 0 Å². The number of aromatic nitrogens is 3. The molecule has 0 aliphatic carbocycles. The molecule has 7 heteroatoms. The van der Waals surface area contributed by atoms with Crippen molar-refractivity contribution < 1.29 is 14.3 Å².